The van der Waals surface area contributed by atoms with Crippen LogP contribution in [0.15, 0.2) is 35.2 Å². The Morgan fingerprint density at radius 3 is 2.92 bits per heavy atom. The van der Waals surface area contributed by atoms with Gasteiger partial charge in [-0.3, -0.25) is 4.79 Å². The third-order valence-corrected chi connectivity index (χ3v) is 7.07. The minimum atomic E-state index is -0.219. The zero-order valence-electron chi connectivity index (χ0n) is 16.1. The summed E-state index contributed by atoms with van der Waals surface area (Å²) in [5.41, 5.74) is 2.26. The van der Waals surface area contributed by atoms with Gasteiger partial charge in [0.1, 0.15) is 0 Å². The van der Waals surface area contributed by atoms with Crippen LogP contribution >= 0.6 is 0 Å². The lowest BCUT2D eigenvalue weighted by Gasteiger charge is -2.59. The number of allylic oxidation sites excluding steroid dienone is 1. The molecule has 0 radical (unpaired) electrons. The largest absolute Gasteiger partial charge is 0.472 e. The van der Waals surface area contributed by atoms with Crippen molar-refractivity contribution >= 4 is 5.97 Å². The van der Waals surface area contributed by atoms with E-state index in [1.165, 1.54) is 18.1 Å². The number of carbonyl (C=O) groups excluding carboxylic acids is 1. The zero-order valence-corrected chi connectivity index (χ0v) is 16.1. The highest BCUT2D eigenvalue weighted by Crippen LogP contribution is 2.61. The Balaban J connectivity index is 1.85. The van der Waals surface area contributed by atoms with Gasteiger partial charge in [0, 0.05) is 24.4 Å². The molecule has 0 unspecified atom stereocenters. The molecule has 1 aromatic rings. The maximum absolute atomic E-state index is 11.4. The van der Waals surface area contributed by atoms with Crippen LogP contribution in [0.1, 0.15) is 57.9 Å². The first-order valence-electron chi connectivity index (χ1n) is 9.84. The number of fused-ring (bicyclic) bond motifs is 1. The summed E-state index contributed by atoms with van der Waals surface area (Å²) in [5, 5.41) is 10.6. The van der Waals surface area contributed by atoms with Crippen molar-refractivity contribution in [1.29, 1.82) is 0 Å². The van der Waals surface area contributed by atoms with Crippen LogP contribution in [0.4, 0.5) is 0 Å². The quantitative estimate of drug-likeness (QED) is 0.598. The maximum Gasteiger partial charge on any atom is 0.302 e. The van der Waals surface area contributed by atoms with E-state index in [1.54, 1.807) is 12.5 Å². The van der Waals surface area contributed by atoms with E-state index in [4.69, 9.17) is 9.15 Å². The van der Waals surface area contributed by atoms with Crippen LogP contribution in [-0.4, -0.2) is 24.3 Å². The number of hydrogen-bond acceptors (Lipinski definition) is 4. The molecule has 4 nitrogen and oxygen atoms in total. The van der Waals surface area contributed by atoms with E-state index in [2.05, 4.69) is 13.5 Å². The topological polar surface area (TPSA) is 59.7 Å². The van der Waals surface area contributed by atoms with Gasteiger partial charge >= 0.3 is 5.97 Å². The van der Waals surface area contributed by atoms with Crippen LogP contribution < -0.4 is 0 Å². The van der Waals surface area contributed by atoms with Crippen LogP contribution in [0.5, 0.6) is 0 Å². The zero-order chi connectivity index (χ0) is 18.8. The Bertz CT molecular complexity index is 635. The first kappa shape index (κ1) is 19.2. The van der Waals surface area contributed by atoms with E-state index in [0.29, 0.717) is 18.4 Å². The van der Waals surface area contributed by atoms with E-state index in [0.717, 1.165) is 44.9 Å². The molecule has 1 N–H and O–H groups in total. The van der Waals surface area contributed by atoms with E-state index in [-0.39, 0.29) is 23.4 Å². The van der Waals surface area contributed by atoms with Crippen molar-refractivity contribution in [1.82, 2.24) is 0 Å². The third-order valence-electron chi connectivity index (χ3n) is 7.07. The molecule has 1 aromatic heterocycles. The number of ether oxygens (including phenoxy) is 1. The Kier molecular flexibility index (Phi) is 5.61. The molecule has 0 saturated heterocycles. The number of aliphatic hydroxyl groups excluding tert-OH is 1. The normalized spacial score (nSPS) is 34.3. The van der Waals surface area contributed by atoms with Gasteiger partial charge in [-0.15, -0.1) is 0 Å². The predicted octanol–water partition coefficient (Wildman–Crippen LogP) is 4.53. The SMILES string of the molecule is C=C1CC[C@H]2[C@@](C)(COC(C)=O)CCC[C@]2(CO)[C@H]1CCc1ccoc1. The van der Waals surface area contributed by atoms with Crippen molar-refractivity contribution in [2.24, 2.45) is 22.7 Å². The van der Waals surface area contributed by atoms with Gasteiger partial charge in [-0.1, -0.05) is 25.5 Å². The second kappa shape index (κ2) is 7.59. The molecule has 0 amide bonds. The Labute approximate surface area is 156 Å². The molecule has 2 aliphatic carbocycles. The lowest BCUT2D eigenvalue weighted by atomic mass is 9.46. The van der Waals surface area contributed by atoms with Gasteiger partial charge in [0.05, 0.1) is 19.1 Å². The minimum absolute atomic E-state index is 0.0682. The molecule has 4 heteroatoms. The molecule has 1 heterocycles. The van der Waals surface area contributed by atoms with Crippen molar-refractivity contribution in [2.45, 2.75) is 58.8 Å². The summed E-state index contributed by atoms with van der Waals surface area (Å²) in [5.74, 6) is 0.439. The average molecular weight is 360 g/mol. The molecule has 4 atom stereocenters. The van der Waals surface area contributed by atoms with Crippen LogP contribution in [0.25, 0.3) is 0 Å². The summed E-state index contributed by atoms with van der Waals surface area (Å²) in [6.45, 7) is 8.73. The average Bonchev–Trinajstić information content (AvgIpc) is 3.13. The molecule has 2 aliphatic rings. The van der Waals surface area contributed by atoms with Crippen LogP contribution in [0, 0.1) is 22.7 Å². The molecule has 0 aliphatic heterocycles. The first-order valence-corrected chi connectivity index (χ1v) is 9.84. The van der Waals surface area contributed by atoms with Crippen molar-refractivity contribution in [2.75, 3.05) is 13.2 Å². The Morgan fingerprint density at radius 1 is 1.46 bits per heavy atom. The molecule has 144 valence electrons. The molecular formula is C22H32O4. The van der Waals surface area contributed by atoms with Crippen molar-refractivity contribution < 1.29 is 19.1 Å². The summed E-state index contributed by atoms with van der Waals surface area (Å²) < 4.78 is 10.7. The molecule has 2 saturated carbocycles. The van der Waals surface area contributed by atoms with Gasteiger partial charge < -0.3 is 14.3 Å². The number of carbonyl (C=O) groups is 1. The summed E-state index contributed by atoms with van der Waals surface area (Å²) in [7, 11) is 0. The molecule has 2 fully saturated rings. The van der Waals surface area contributed by atoms with Crippen molar-refractivity contribution in [3.05, 3.63) is 36.3 Å². The van der Waals surface area contributed by atoms with E-state index < -0.39 is 0 Å². The Hall–Kier alpha value is -1.55. The highest BCUT2D eigenvalue weighted by Gasteiger charge is 2.56. The molecule has 26 heavy (non-hydrogen) atoms. The van der Waals surface area contributed by atoms with Crippen molar-refractivity contribution in [3.8, 4) is 0 Å². The van der Waals surface area contributed by atoms with Crippen LogP contribution in [0.2, 0.25) is 0 Å². The fraction of sp³-hybridized carbons (Fsp3) is 0.682. The standard InChI is InChI=1S/C22H32O4/c1-16-5-8-20-21(3,15-26-17(2)24)10-4-11-22(20,14-23)19(16)7-6-18-9-12-25-13-18/h9,12-13,19-20,23H,1,4-8,10-11,14-15H2,2-3H3/t19-,20-,21+,22-/m0/s1. The highest BCUT2D eigenvalue weighted by atomic mass is 16.5. The highest BCUT2D eigenvalue weighted by molar-refractivity contribution is 5.65. The predicted molar refractivity (Wildman–Crippen MR) is 100 cm³/mol. The minimum Gasteiger partial charge on any atom is -0.472 e. The third kappa shape index (κ3) is 3.48. The molecule has 0 aromatic carbocycles. The fourth-order valence-electron chi connectivity index (χ4n) is 5.80. The summed E-state index contributed by atoms with van der Waals surface area (Å²) >= 11 is 0. The van der Waals surface area contributed by atoms with Crippen LogP contribution in [0.3, 0.4) is 0 Å². The Morgan fingerprint density at radius 2 is 2.27 bits per heavy atom. The number of aliphatic hydroxyl groups is 1. The number of hydrogen-bond donors (Lipinski definition) is 1. The fourth-order valence-corrected chi connectivity index (χ4v) is 5.80. The number of rotatable bonds is 6. The number of furan rings is 1. The molecule has 0 spiro atoms. The first-order chi connectivity index (χ1) is 12.4. The second-order valence-electron chi connectivity index (χ2n) is 8.65. The monoisotopic (exact) mass is 360 g/mol. The number of esters is 1. The summed E-state index contributed by atoms with van der Waals surface area (Å²) in [6, 6.07) is 2.01. The maximum atomic E-state index is 11.4. The number of aryl methyl sites for hydroxylation is 1. The van der Waals surface area contributed by atoms with Gasteiger partial charge in [0.15, 0.2) is 0 Å². The molecular weight excluding hydrogens is 328 g/mol. The van der Waals surface area contributed by atoms with Crippen molar-refractivity contribution in [3.63, 3.8) is 0 Å². The lowest BCUT2D eigenvalue weighted by molar-refractivity contribution is -0.157. The smallest absolute Gasteiger partial charge is 0.302 e. The van der Waals surface area contributed by atoms with Gasteiger partial charge in [-0.05, 0) is 62.0 Å². The van der Waals surface area contributed by atoms with E-state index in [9.17, 15) is 9.90 Å². The molecule has 3 rings (SSSR count). The van der Waals surface area contributed by atoms with Gasteiger partial charge in [-0.2, -0.15) is 0 Å². The van der Waals surface area contributed by atoms with Gasteiger partial charge in [0.25, 0.3) is 0 Å². The second-order valence-corrected chi connectivity index (χ2v) is 8.65. The van der Waals surface area contributed by atoms with Gasteiger partial charge in [0.2, 0.25) is 0 Å². The van der Waals surface area contributed by atoms with E-state index >= 15 is 0 Å². The van der Waals surface area contributed by atoms with E-state index in [1.807, 2.05) is 6.07 Å². The summed E-state index contributed by atoms with van der Waals surface area (Å²) in [6.07, 6.45) is 10.6. The lowest BCUT2D eigenvalue weighted by Crippen LogP contribution is -2.55. The summed E-state index contributed by atoms with van der Waals surface area (Å²) in [4.78, 5) is 11.4. The molecule has 0 bridgehead atoms. The van der Waals surface area contributed by atoms with Gasteiger partial charge in [-0.25, -0.2) is 0 Å². The van der Waals surface area contributed by atoms with Crippen LogP contribution in [-0.2, 0) is 16.0 Å².